The van der Waals surface area contributed by atoms with E-state index in [4.69, 9.17) is 0 Å². The van der Waals surface area contributed by atoms with Crippen molar-refractivity contribution in [1.29, 1.82) is 0 Å². The standard InChI is InChI=1S/C22H31N5S/c1-23-21(27-13-10-18(16-27)19-14-25-26(2)15-19)24-17-22(11-6-7-12-22)28-20-8-4-3-5-9-20/h3-5,8-9,14-15,18H,6-7,10-13,16-17H2,1-2H3,(H,23,24). The van der Waals surface area contributed by atoms with Crippen LogP contribution in [0.2, 0.25) is 0 Å². The van der Waals surface area contributed by atoms with Gasteiger partial charge in [-0.2, -0.15) is 5.10 Å². The van der Waals surface area contributed by atoms with Crippen LogP contribution in [0.1, 0.15) is 43.6 Å². The van der Waals surface area contributed by atoms with Gasteiger partial charge in [-0.15, -0.1) is 11.8 Å². The Hall–Kier alpha value is -1.95. The highest BCUT2D eigenvalue weighted by Crippen LogP contribution is 2.44. The number of hydrogen-bond donors (Lipinski definition) is 1. The van der Waals surface area contributed by atoms with Crippen molar-refractivity contribution in [1.82, 2.24) is 20.0 Å². The Balaban J connectivity index is 1.38. The third-order valence-corrected chi connectivity index (χ3v) is 7.55. The first-order valence-corrected chi connectivity index (χ1v) is 11.2. The van der Waals surface area contributed by atoms with Crippen LogP contribution >= 0.6 is 11.8 Å². The van der Waals surface area contributed by atoms with Gasteiger partial charge in [0.1, 0.15) is 0 Å². The molecule has 0 bridgehead atoms. The van der Waals surface area contributed by atoms with E-state index < -0.39 is 0 Å². The quantitative estimate of drug-likeness (QED) is 0.614. The maximum atomic E-state index is 4.60. The third kappa shape index (κ3) is 4.37. The lowest BCUT2D eigenvalue weighted by Gasteiger charge is -2.31. The molecule has 2 heterocycles. The van der Waals surface area contributed by atoms with Crippen molar-refractivity contribution < 1.29 is 0 Å². The molecule has 1 atom stereocenters. The van der Waals surface area contributed by atoms with Crippen molar-refractivity contribution in [2.45, 2.75) is 47.7 Å². The molecule has 1 N–H and O–H groups in total. The van der Waals surface area contributed by atoms with E-state index in [0.717, 1.165) is 32.0 Å². The number of likely N-dealkylation sites (tertiary alicyclic amines) is 1. The number of aromatic nitrogens is 2. The van der Waals surface area contributed by atoms with Crippen LogP contribution < -0.4 is 5.32 Å². The van der Waals surface area contributed by atoms with E-state index in [-0.39, 0.29) is 4.75 Å². The van der Waals surface area contributed by atoms with Gasteiger partial charge in [0, 0.05) is 55.5 Å². The molecule has 28 heavy (non-hydrogen) atoms. The van der Waals surface area contributed by atoms with Crippen LogP contribution in [0.5, 0.6) is 0 Å². The second kappa shape index (κ2) is 8.60. The van der Waals surface area contributed by atoms with E-state index in [9.17, 15) is 0 Å². The summed E-state index contributed by atoms with van der Waals surface area (Å²) in [6.07, 6.45) is 10.5. The van der Waals surface area contributed by atoms with Crippen molar-refractivity contribution in [2.24, 2.45) is 12.0 Å². The minimum atomic E-state index is 0.278. The average Bonchev–Trinajstić information content (AvgIpc) is 3.45. The van der Waals surface area contributed by atoms with Crippen molar-refractivity contribution in [3.05, 3.63) is 48.3 Å². The monoisotopic (exact) mass is 397 g/mol. The van der Waals surface area contributed by atoms with Crippen LogP contribution in [0, 0.1) is 0 Å². The second-order valence-corrected chi connectivity index (χ2v) is 9.63. The highest BCUT2D eigenvalue weighted by Gasteiger charge is 2.36. The number of aliphatic imine (C=N–C) groups is 1. The number of thioether (sulfide) groups is 1. The van der Waals surface area contributed by atoms with E-state index in [1.165, 1.54) is 36.1 Å². The van der Waals surface area contributed by atoms with Gasteiger partial charge < -0.3 is 10.2 Å². The first-order valence-electron chi connectivity index (χ1n) is 10.4. The molecule has 150 valence electrons. The summed E-state index contributed by atoms with van der Waals surface area (Å²) in [6, 6.07) is 10.8. The second-order valence-electron chi connectivity index (χ2n) is 8.08. The fourth-order valence-electron chi connectivity index (χ4n) is 4.52. The number of nitrogens with zero attached hydrogens (tertiary/aromatic N) is 4. The number of hydrogen-bond acceptors (Lipinski definition) is 3. The average molecular weight is 398 g/mol. The molecule has 1 aliphatic carbocycles. The van der Waals surface area contributed by atoms with E-state index in [1.54, 1.807) is 0 Å². The topological polar surface area (TPSA) is 45.5 Å². The van der Waals surface area contributed by atoms with Gasteiger partial charge in [-0.3, -0.25) is 9.67 Å². The highest BCUT2D eigenvalue weighted by atomic mass is 32.2. The number of nitrogens with one attached hydrogen (secondary N) is 1. The summed E-state index contributed by atoms with van der Waals surface area (Å²) < 4.78 is 2.18. The van der Waals surface area contributed by atoms with Gasteiger partial charge in [0.25, 0.3) is 0 Å². The maximum Gasteiger partial charge on any atom is 0.193 e. The van der Waals surface area contributed by atoms with Crippen LogP contribution in [-0.4, -0.2) is 52.1 Å². The van der Waals surface area contributed by atoms with Gasteiger partial charge >= 0.3 is 0 Å². The Labute approximate surface area is 172 Å². The molecule has 0 spiro atoms. The van der Waals surface area contributed by atoms with Crippen LogP contribution in [0.3, 0.4) is 0 Å². The summed E-state index contributed by atoms with van der Waals surface area (Å²) in [5, 5.41) is 8.06. The summed E-state index contributed by atoms with van der Waals surface area (Å²) in [4.78, 5) is 8.39. The van der Waals surface area contributed by atoms with Crippen LogP contribution in [-0.2, 0) is 7.05 Å². The molecule has 1 saturated carbocycles. The molecule has 2 aliphatic rings. The molecule has 1 saturated heterocycles. The lowest BCUT2D eigenvalue weighted by molar-refractivity contribution is 0.474. The molecule has 6 heteroatoms. The Bertz CT molecular complexity index is 794. The summed E-state index contributed by atoms with van der Waals surface area (Å²) >= 11 is 2.05. The van der Waals surface area contributed by atoms with Crippen molar-refractivity contribution in [2.75, 3.05) is 26.7 Å². The Morgan fingerprint density at radius 2 is 2.07 bits per heavy atom. The smallest absolute Gasteiger partial charge is 0.193 e. The zero-order valence-electron chi connectivity index (χ0n) is 17.0. The fraction of sp³-hybridized carbons (Fsp3) is 0.545. The molecular weight excluding hydrogens is 366 g/mol. The minimum Gasteiger partial charge on any atom is -0.355 e. The Morgan fingerprint density at radius 3 is 2.75 bits per heavy atom. The molecule has 0 amide bonds. The van der Waals surface area contributed by atoms with Gasteiger partial charge in [-0.25, -0.2) is 0 Å². The molecule has 2 aromatic rings. The maximum absolute atomic E-state index is 4.60. The largest absolute Gasteiger partial charge is 0.355 e. The normalized spacial score (nSPS) is 22.0. The Kier molecular flexibility index (Phi) is 5.95. The predicted molar refractivity (Wildman–Crippen MR) is 117 cm³/mol. The zero-order valence-corrected chi connectivity index (χ0v) is 17.8. The Morgan fingerprint density at radius 1 is 1.29 bits per heavy atom. The molecule has 1 aromatic heterocycles. The lowest BCUT2D eigenvalue weighted by Crippen LogP contribution is -2.45. The van der Waals surface area contributed by atoms with Gasteiger partial charge in [0.05, 0.1) is 6.20 Å². The number of rotatable bonds is 5. The number of guanidine groups is 1. The summed E-state index contributed by atoms with van der Waals surface area (Å²) in [7, 11) is 3.90. The van der Waals surface area contributed by atoms with Gasteiger partial charge in [-0.1, -0.05) is 31.0 Å². The molecule has 5 nitrogen and oxygen atoms in total. The molecule has 0 radical (unpaired) electrons. The fourth-order valence-corrected chi connectivity index (χ4v) is 5.95. The summed E-state index contributed by atoms with van der Waals surface area (Å²) in [6.45, 7) is 3.05. The minimum absolute atomic E-state index is 0.278. The number of benzene rings is 1. The first kappa shape index (κ1) is 19.4. The molecule has 1 aliphatic heterocycles. The predicted octanol–water partition coefficient (Wildman–Crippen LogP) is 3.89. The van der Waals surface area contributed by atoms with Gasteiger partial charge in [0.15, 0.2) is 5.96 Å². The van der Waals surface area contributed by atoms with Gasteiger partial charge in [-0.05, 0) is 37.0 Å². The molecule has 4 rings (SSSR count). The summed E-state index contributed by atoms with van der Waals surface area (Å²) in [5.74, 6) is 1.60. The third-order valence-electron chi connectivity index (χ3n) is 6.06. The highest BCUT2D eigenvalue weighted by molar-refractivity contribution is 8.00. The van der Waals surface area contributed by atoms with Crippen LogP contribution in [0.25, 0.3) is 0 Å². The van der Waals surface area contributed by atoms with Crippen molar-refractivity contribution in [3.8, 4) is 0 Å². The number of aryl methyl sites for hydroxylation is 1. The van der Waals surface area contributed by atoms with Crippen LogP contribution in [0.4, 0.5) is 0 Å². The molecular formula is C22H31N5S. The van der Waals surface area contributed by atoms with E-state index in [0.29, 0.717) is 5.92 Å². The van der Waals surface area contributed by atoms with E-state index >= 15 is 0 Å². The molecule has 1 unspecified atom stereocenters. The zero-order chi connectivity index (χ0) is 19.4. The van der Waals surface area contributed by atoms with E-state index in [2.05, 4.69) is 56.8 Å². The van der Waals surface area contributed by atoms with Gasteiger partial charge in [0.2, 0.25) is 0 Å². The molecule has 2 fully saturated rings. The van der Waals surface area contributed by atoms with Crippen molar-refractivity contribution >= 4 is 17.7 Å². The van der Waals surface area contributed by atoms with E-state index in [1.807, 2.05) is 36.7 Å². The SMILES string of the molecule is CN=C(NCC1(Sc2ccccc2)CCCC1)N1CCC(c2cnn(C)c2)C1. The molecule has 1 aromatic carbocycles. The summed E-state index contributed by atoms with van der Waals surface area (Å²) in [5.41, 5.74) is 1.34. The first-order chi connectivity index (χ1) is 13.7. The van der Waals surface area contributed by atoms with Crippen LogP contribution in [0.15, 0.2) is 52.6 Å². The van der Waals surface area contributed by atoms with Crippen molar-refractivity contribution in [3.63, 3.8) is 0 Å². The lowest BCUT2D eigenvalue weighted by atomic mass is 10.0.